The van der Waals surface area contributed by atoms with E-state index in [1.807, 2.05) is 24.5 Å². The highest BCUT2D eigenvalue weighted by Crippen LogP contribution is 2.28. The summed E-state index contributed by atoms with van der Waals surface area (Å²) in [6.45, 7) is 0. The van der Waals surface area contributed by atoms with Crippen LogP contribution in [-0.2, 0) is 0 Å². The van der Waals surface area contributed by atoms with Gasteiger partial charge in [-0.25, -0.2) is 4.39 Å². The summed E-state index contributed by atoms with van der Waals surface area (Å²) < 4.78 is 19.6. The van der Waals surface area contributed by atoms with Gasteiger partial charge < -0.3 is 4.42 Å². The van der Waals surface area contributed by atoms with Crippen LogP contribution in [-0.4, -0.2) is 6.26 Å². The molecule has 0 saturated carbocycles. The van der Waals surface area contributed by atoms with Crippen molar-refractivity contribution < 1.29 is 8.81 Å². The van der Waals surface area contributed by atoms with E-state index in [0.717, 1.165) is 15.7 Å². The van der Waals surface area contributed by atoms with Crippen molar-refractivity contribution in [3.05, 3.63) is 46.7 Å². The van der Waals surface area contributed by atoms with Crippen molar-refractivity contribution in [1.29, 1.82) is 0 Å². The average Bonchev–Trinajstić information content (AvgIpc) is 2.38. The molecule has 1 nitrogen and oxygen atoms in total. The summed E-state index contributed by atoms with van der Waals surface area (Å²) in [7, 11) is 0. The van der Waals surface area contributed by atoms with E-state index in [9.17, 15) is 4.39 Å². The third kappa shape index (κ3) is 1.82. The van der Waals surface area contributed by atoms with Gasteiger partial charge in [0.1, 0.15) is 17.0 Å². The van der Waals surface area contributed by atoms with Gasteiger partial charge in [0.2, 0.25) is 0 Å². The molecule has 18 heavy (non-hydrogen) atoms. The van der Waals surface area contributed by atoms with Crippen LogP contribution in [0.1, 0.15) is 0 Å². The highest BCUT2D eigenvalue weighted by atomic mass is 32.2. The number of hydrogen-bond acceptors (Lipinski definition) is 3. The molecule has 0 amide bonds. The minimum absolute atomic E-state index is 0.319. The summed E-state index contributed by atoms with van der Waals surface area (Å²) in [6, 6.07) is 10.3. The van der Waals surface area contributed by atoms with Crippen molar-refractivity contribution >= 4 is 45.9 Å². The van der Waals surface area contributed by atoms with E-state index in [1.165, 1.54) is 12.1 Å². The zero-order valence-corrected chi connectivity index (χ0v) is 11.2. The maximum absolute atomic E-state index is 13.2. The van der Waals surface area contributed by atoms with Gasteiger partial charge in [-0.05, 0) is 36.6 Å². The number of halogens is 1. The van der Waals surface area contributed by atoms with Gasteiger partial charge in [-0.3, -0.25) is 0 Å². The Hall–Kier alpha value is -1.39. The van der Waals surface area contributed by atoms with Crippen LogP contribution in [0.5, 0.6) is 0 Å². The first-order valence-corrected chi connectivity index (χ1v) is 7.02. The predicted octanol–water partition coefficient (Wildman–Crippen LogP) is 5.18. The zero-order chi connectivity index (χ0) is 12.7. The summed E-state index contributed by atoms with van der Waals surface area (Å²) in [4.78, 5) is 1.13. The fourth-order valence-corrected chi connectivity index (χ4v) is 2.70. The van der Waals surface area contributed by atoms with E-state index >= 15 is 0 Å². The van der Waals surface area contributed by atoms with Crippen LogP contribution >= 0.6 is 24.0 Å². The van der Waals surface area contributed by atoms with Crippen LogP contribution in [0.2, 0.25) is 0 Å². The highest BCUT2D eigenvalue weighted by Gasteiger charge is 2.06. The van der Waals surface area contributed by atoms with Crippen molar-refractivity contribution in [2.75, 3.05) is 6.26 Å². The largest absolute Gasteiger partial charge is 0.456 e. The highest BCUT2D eigenvalue weighted by molar-refractivity contribution is 7.98. The monoisotopic (exact) mass is 276 g/mol. The SMILES string of the molecule is CSc1ccc2oc3cc(F)ccc3c(=S)c2c1. The van der Waals surface area contributed by atoms with Crippen molar-refractivity contribution in [2.24, 2.45) is 0 Å². The molecular formula is C14H9FOS2. The standard InChI is InChI=1S/C14H9FOS2/c1-18-9-3-5-12-11(7-9)14(17)10-4-2-8(15)6-13(10)16-12/h2-7H,1H3. The van der Waals surface area contributed by atoms with Crippen LogP contribution in [0.25, 0.3) is 21.9 Å². The lowest BCUT2D eigenvalue weighted by atomic mass is 10.1. The van der Waals surface area contributed by atoms with Crippen LogP contribution in [0.4, 0.5) is 4.39 Å². The average molecular weight is 276 g/mol. The first-order valence-electron chi connectivity index (χ1n) is 5.39. The third-order valence-corrected chi connectivity index (χ3v) is 4.00. The Labute approximate surface area is 113 Å². The van der Waals surface area contributed by atoms with Gasteiger partial charge in [-0.2, -0.15) is 0 Å². The van der Waals surface area contributed by atoms with Crippen LogP contribution in [0, 0.1) is 10.3 Å². The van der Waals surface area contributed by atoms with Gasteiger partial charge >= 0.3 is 0 Å². The van der Waals surface area contributed by atoms with Gasteiger partial charge in [0.15, 0.2) is 0 Å². The van der Waals surface area contributed by atoms with Gasteiger partial charge in [0.25, 0.3) is 0 Å². The zero-order valence-electron chi connectivity index (χ0n) is 9.57. The molecule has 0 aliphatic heterocycles. The number of fused-ring (bicyclic) bond motifs is 2. The summed E-state index contributed by atoms with van der Waals surface area (Å²) in [5.41, 5.74) is 1.18. The van der Waals surface area contributed by atoms with E-state index in [-0.39, 0.29) is 5.82 Å². The van der Waals surface area contributed by atoms with Crippen molar-refractivity contribution in [2.45, 2.75) is 4.90 Å². The molecule has 0 fully saturated rings. The van der Waals surface area contributed by atoms with Crippen molar-refractivity contribution in [3.8, 4) is 0 Å². The molecule has 0 unspecified atom stereocenters. The minimum Gasteiger partial charge on any atom is -0.456 e. The molecule has 3 aromatic rings. The van der Waals surface area contributed by atoms with E-state index in [2.05, 4.69) is 0 Å². The van der Waals surface area contributed by atoms with E-state index in [1.54, 1.807) is 17.8 Å². The van der Waals surface area contributed by atoms with E-state index in [0.29, 0.717) is 15.7 Å². The Morgan fingerprint density at radius 1 is 1.06 bits per heavy atom. The molecular weight excluding hydrogens is 267 g/mol. The summed E-state index contributed by atoms with van der Waals surface area (Å²) >= 11 is 7.11. The summed E-state index contributed by atoms with van der Waals surface area (Å²) in [5.74, 6) is -0.319. The fourth-order valence-electron chi connectivity index (χ4n) is 1.93. The van der Waals surface area contributed by atoms with Crippen LogP contribution < -0.4 is 0 Å². The molecule has 0 aliphatic carbocycles. The molecule has 4 heteroatoms. The number of hydrogen-bond donors (Lipinski definition) is 0. The van der Waals surface area contributed by atoms with E-state index in [4.69, 9.17) is 16.6 Å². The molecule has 0 aliphatic rings. The molecule has 2 aromatic carbocycles. The molecule has 0 radical (unpaired) electrons. The van der Waals surface area contributed by atoms with E-state index < -0.39 is 0 Å². The maximum atomic E-state index is 13.2. The number of rotatable bonds is 1. The lowest BCUT2D eigenvalue weighted by molar-refractivity contribution is 0.615. The Kier molecular flexibility index (Phi) is 2.84. The smallest absolute Gasteiger partial charge is 0.139 e. The predicted molar refractivity (Wildman–Crippen MR) is 76.3 cm³/mol. The quantitative estimate of drug-likeness (QED) is 0.345. The molecule has 1 aromatic heterocycles. The topological polar surface area (TPSA) is 13.1 Å². The summed E-state index contributed by atoms with van der Waals surface area (Å²) in [6.07, 6.45) is 2.01. The molecule has 0 N–H and O–H groups in total. The second-order valence-electron chi connectivity index (χ2n) is 3.93. The Morgan fingerprint density at radius 2 is 1.89 bits per heavy atom. The van der Waals surface area contributed by atoms with Gasteiger partial charge in [-0.15, -0.1) is 11.8 Å². The Balaban J connectivity index is 2.48. The molecule has 3 rings (SSSR count). The molecule has 90 valence electrons. The van der Waals surface area contributed by atoms with Crippen LogP contribution in [0.15, 0.2) is 45.7 Å². The second kappa shape index (κ2) is 4.37. The van der Waals surface area contributed by atoms with Gasteiger partial charge in [0, 0.05) is 21.7 Å². The van der Waals surface area contributed by atoms with Gasteiger partial charge in [-0.1, -0.05) is 12.2 Å². The van der Waals surface area contributed by atoms with Crippen LogP contribution in [0.3, 0.4) is 0 Å². The first-order chi connectivity index (χ1) is 8.69. The molecule has 0 bridgehead atoms. The number of benzene rings is 2. The Bertz CT molecular complexity index is 808. The third-order valence-electron chi connectivity index (χ3n) is 2.84. The number of thioether (sulfide) groups is 1. The van der Waals surface area contributed by atoms with Crippen molar-refractivity contribution in [3.63, 3.8) is 0 Å². The lowest BCUT2D eigenvalue weighted by Crippen LogP contribution is -1.82. The molecule has 0 spiro atoms. The molecule has 0 saturated heterocycles. The normalized spacial score (nSPS) is 11.2. The van der Waals surface area contributed by atoms with Gasteiger partial charge in [0.05, 0.1) is 4.51 Å². The summed E-state index contributed by atoms with van der Waals surface area (Å²) in [5, 5.41) is 1.67. The lowest BCUT2D eigenvalue weighted by Gasteiger charge is -2.04. The first kappa shape index (κ1) is 11.7. The molecule has 0 atom stereocenters. The minimum atomic E-state index is -0.319. The Morgan fingerprint density at radius 3 is 2.67 bits per heavy atom. The second-order valence-corrected chi connectivity index (χ2v) is 5.22. The maximum Gasteiger partial charge on any atom is 0.139 e. The van der Waals surface area contributed by atoms with Crippen molar-refractivity contribution in [1.82, 2.24) is 0 Å². The molecule has 1 heterocycles. The fraction of sp³-hybridized carbons (Fsp3) is 0.0714.